The summed E-state index contributed by atoms with van der Waals surface area (Å²) in [5.41, 5.74) is 7.00. The van der Waals surface area contributed by atoms with E-state index in [0.717, 1.165) is 5.56 Å². The Morgan fingerprint density at radius 2 is 2.00 bits per heavy atom. The molecule has 0 aliphatic carbocycles. The van der Waals surface area contributed by atoms with Gasteiger partial charge in [-0.1, -0.05) is 30.3 Å². The van der Waals surface area contributed by atoms with Crippen LogP contribution in [0.25, 0.3) is 0 Å². The van der Waals surface area contributed by atoms with Gasteiger partial charge in [0, 0.05) is 12.6 Å². The van der Waals surface area contributed by atoms with E-state index in [1.165, 1.54) is 11.8 Å². The summed E-state index contributed by atoms with van der Waals surface area (Å²) >= 11 is 1.53. The third kappa shape index (κ3) is 5.44. The molecule has 0 heterocycles. The summed E-state index contributed by atoms with van der Waals surface area (Å²) in [6.07, 6.45) is 1.92. The van der Waals surface area contributed by atoms with Crippen molar-refractivity contribution in [3.63, 3.8) is 0 Å². The van der Waals surface area contributed by atoms with Crippen molar-refractivity contribution in [2.45, 2.75) is 18.2 Å². The first-order valence-corrected chi connectivity index (χ1v) is 6.55. The normalized spacial score (nSPS) is 13.4. The van der Waals surface area contributed by atoms with Gasteiger partial charge in [0.25, 0.3) is 0 Å². The summed E-state index contributed by atoms with van der Waals surface area (Å²) in [6.45, 7) is 2.36. The standard InChI is InChI=1S/C12H18N2OS.ClH/c1-9(16-2)12(15)14-8-11(13)10-6-4-3-5-7-10;/h3-7,9,11H,8,13H2,1-2H3,(H,14,15);1H. The highest BCUT2D eigenvalue weighted by Gasteiger charge is 2.12. The maximum atomic E-state index is 11.5. The number of hydrogen-bond donors (Lipinski definition) is 2. The molecule has 0 bridgehead atoms. The molecule has 3 nitrogen and oxygen atoms in total. The van der Waals surface area contributed by atoms with Gasteiger partial charge >= 0.3 is 0 Å². The molecular weight excluding hydrogens is 256 g/mol. The minimum Gasteiger partial charge on any atom is -0.353 e. The molecule has 2 atom stereocenters. The lowest BCUT2D eigenvalue weighted by molar-refractivity contribution is -0.120. The summed E-state index contributed by atoms with van der Waals surface area (Å²) in [4.78, 5) is 11.5. The van der Waals surface area contributed by atoms with Crippen molar-refractivity contribution >= 4 is 30.1 Å². The number of hydrogen-bond acceptors (Lipinski definition) is 3. The molecular formula is C12H19ClN2OS. The van der Waals surface area contributed by atoms with Crippen LogP contribution >= 0.6 is 24.2 Å². The molecule has 0 saturated heterocycles. The predicted octanol–water partition coefficient (Wildman–Crippen LogP) is 1.98. The molecule has 17 heavy (non-hydrogen) atoms. The Morgan fingerprint density at radius 3 is 2.53 bits per heavy atom. The fraction of sp³-hybridized carbons (Fsp3) is 0.417. The highest BCUT2D eigenvalue weighted by atomic mass is 35.5. The number of carbonyl (C=O) groups is 1. The zero-order valence-electron chi connectivity index (χ0n) is 10.1. The second-order valence-electron chi connectivity index (χ2n) is 3.64. The van der Waals surface area contributed by atoms with Crippen LogP contribution in [-0.2, 0) is 4.79 Å². The average Bonchev–Trinajstić information content (AvgIpc) is 2.35. The van der Waals surface area contributed by atoms with Crippen LogP contribution in [0.1, 0.15) is 18.5 Å². The van der Waals surface area contributed by atoms with E-state index < -0.39 is 0 Å². The number of nitrogens with two attached hydrogens (primary N) is 1. The van der Waals surface area contributed by atoms with Crippen molar-refractivity contribution in [1.29, 1.82) is 0 Å². The number of nitrogens with one attached hydrogen (secondary N) is 1. The van der Waals surface area contributed by atoms with Crippen molar-refractivity contribution in [2.75, 3.05) is 12.8 Å². The van der Waals surface area contributed by atoms with E-state index in [1.54, 1.807) is 0 Å². The molecule has 1 rings (SSSR count). The summed E-state index contributed by atoms with van der Waals surface area (Å²) < 4.78 is 0. The van der Waals surface area contributed by atoms with Gasteiger partial charge < -0.3 is 11.1 Å². The fourth-order valence-electron chi connectivity index (χ4n) is 1.28. The lowest BCUT2D eigenvalue weighted by Crippen LogP contribution is -2.36. The van der Waals surface area contributed by atoms with Gasteiger partial charge in [0.05, 0.1) is 5.25 Å². The zero-order chi connectivity index (χ0) is 12.0. The Balaban J connectivity index is 0.00000256. The van der Waals surface area contributed by atoms with Crippen LogP contribution in [-0.4, -0.2) is 24.0 Å². The molecule has 5 heteroatoms. The second kappa shape index (κ2) is 8.39. The molecule has 0 spiro atoms. The van der Waals surface area contributed by atoms with Crippen molar-refractivity contribution in [3.05, 3.63) is 35.9 Å². The van der Waals surface area contributed by atoms with Crippen molar-refractivity contribution in [3.8, 4) is 0 Å². The highest BCUT2D eigenvalue weighted by molar-refractivity contribution is 7.99. The monoisotopic (exact) mass is 274 g/mol. The van der Waals surface area contributed by atoms with Crippen LogP contribution in [0.2, 0.25) is 0 Å². The molecule has 96 valence electrons. The quantitative estimate of drug-likeness (QED) is 0.863. The molecule has 3 N–H and O–H groups in total. The number of amides is 1. The van der Waals surface area contributed by atoms with E-state index in [2.05, 4.69) is 5.32 Å². The van der Waals surface area contributed by atoms with Crippen LogP contribution in [0.3, 0.4) is 0 Å². The van der Waals surface area contributed by atoms with Gasteiger partial charge in [-0.3, -0.25) is 4.79 Å². The molecule has 0 aliphatic rings. The molecule has 1 aromatic carbocycles. The Hall–Kier alpha value is -0.710. The van der Waals surface area contributed by atoms with Gasteiger partial charge in [-0.15, -0.1) is 12.4 Å². The van der Waals surface area contributed by atoms with Gasteiger partial charge in [0.15, 0.2) is 0 Å². The first kappa shape index (κ1) is 16.3. The second-order valence-corrected chi connectivity index (χ2v) is 4.82. The summed E-state index contributed by atoms with van der Waals surface area (Å²) in [7, 11) is 0. The van der Waals surface area contributed by atoms with Crippen LogP contribution in [0.4, 0.5) is 0 Å². The topological polar surface area (TPSA) is 55.1 Å². The average molecular weight is 275 g/mol. The van der Waals surface area contributed by atoms with Gasteiger partial charge in [0.1, 0.15) is 0 Å². The van der Waals surface area contributed by atoms with E-state index in [1.807, 2.05) is 43.5 Å². The fourth-order valence-corrected chi connectivity index (χ4v) is 1.58. The predicted molar refractivity (Wildman–Crippen MR) is 76.6 cm³/mol. The smallest absolute Gasteiger partial charge is 0.232 e. The van der Waals surface area contributed by atoms with Gasteiger partial charge in [-0.25, -0.2) is 0 Å². The number of rotatable bonds is 5. The Labute approximate surface area is 113 Å². The minimum absolute atomic E-state index is 0. The van der Waals surface area contributed by atoms with E-state index in [4.69, 9.17) is 5.73 Å². The Morgan fingerprint density at radius 1 is 1.41 bits per heavy atom. The van der Waals surface area contributed by atoms with E-state index in [9.17, 15) is 4.79 Å². The molecule has 0 saturated carbocycles. The molecule has 2 unspecified atom stereocenters. The van der Waals surface area contributed by atoms with Crippen molar-refractivity contribution < 1.29 is 4.79 Å². The van der Waals surface area contributed by atoms with Crippen LogP contribution in [0.15, 0.2) is 30.3 Å². The van der Waals surface area contributed by atoms with Gasteiger partial charge in [0.2, 0.25) is 5.91 Å². The van der Waals surface area contributed by atoms with Crippen molar-refractivity contribution in [2.24, 2.45) is 5.73 Å². The maximum Gasteiger partial charge on any atom is 0.232 e. The number of carbonyl (C=O) groups excluding carboxylic acids is 1. The first-order valence-electron chi connectivity index (χ1n) is 5.26. The van der Waals surface area contributed by atoms with E-state index >= 15 is 0 Å². The summed E-state index contributed by atoms with van der Waals surface area (Å²) in [5, 5.41) is 2.82. The number of halogens is 1. The Bertz CT molecular complexity index is 335. The minimum atomic E-state index is -0.140. The lowest BCUT2D eigenvalue weighted by atomic mass is 10.1. The third-order valence-electron chi connectivity index (χ3n) is 2.45. The van der Waals surface area contributed by atoms with Crippen LogP contribution in [0, 0.1) is 0 Å². The lowest BCUT2D eigenvalue weighted by Gasteiger charge is -2.15. The third-order valence-corrected chi connectivity index (χ3v) is 3.37. The number of benzene rings is 1. The molecule has 0 fully saturated rings. The van der Waals surface area contributed by atoms with Crippen LogP contribution in [0.5, 0.6) is 0 Å². The zero-order valence-corrected chi connectivity index (χ0v) is 11.7. The first-order chi connectivity index (χ1) is 7.65. The molecule has 0 radical (unpaired) electrons. The molecule has 1 amide bonds. The SMILES string of the molecule is CSC(C)C(=O)NCC(N)c1ccccc1.Cl. The molecule has 0 aliphatic heterocycles. The maximum absolute atomic E-state index is 11.5. The summed E-state index contributed by atoms with van der Waals surface area (Å²) in [5.74, 6) is 0.0406. The largest absolute Gasteiger partial charge is 0.353 e. The van der Waals surface area contributed by atoms with Gasteiger partial charge in [-0.2, -0.15) is 11.8 Å². The molecule has 1 aromatic rings. The Kier molecular flexibility index (Phi) is 8.04. The molecule has 0 aromatic heterocycles. The van der Waals surface area contributed by atoms with Crippen molar-refractivity contribution in [1.82, 2.24) is 5.32 Å². The summed E-state index contributed by atoms with van der Waals surface area (Å²) in [6, 6.07) is 9.64. The highest BCUT2D eigenvalue weighted by Crippen LogP contribution is 2.09. The number of thioether (sulfide) groups is 1. The van der Waals surface area contributed by atoms with E-state index in [0.29, 0.717) is 6.54 Å². The van der Waals surface area contributed by atoms with Gasteiger partial charge in [-0.05, 0) is 18.7 Å². The van der Waals surface area contributed by atoms with E-state index in [-0.39, 0.29) is 29.6 Å². The van der Waals surface area contributed by atoms with Crippen LogP contribution < -0.4 is 11.1 Å².